The first-order chi connectivity index (χ1) is 9.71. The van der Waals surface area contributed by atoms with Crippen LogP contribution in [0.2, 0.25) is 0 Å². The second kappa shape index (κ2) is 10.6. The zero-order chi connectivity index (χ0) is 14.7. The van der Waals surface area contributed by atoms with Crippen LogP contribution in [0.25, 0.3) is 0 Å². The summed E-state index contributed by atoms with van der Waals surface area (Å²) in [5.41, 5.74) is 0. The van der Waals surface area contributed by atoms with Gasteiger partial charge in [0.05, 0.1) is 13.2 Å². The Kier molecular flexibility index (Phi) is 9.54. The van der Waals surface area contributed by atoms with Crippen LogP contribution in [0.5, 0.6) is 0 Å². The highest BCUT2D eigenvalue weighted by molar-refractivity contribution is 4.76. The van der Waals surface area contributed by atoms with Gasteiger partial charge in [0.15, 0.2) is 5.79 Å². The molecular weight excluding hydrogens is 248 g/mol. The van der Waals surface area contributed by atoms with Gasteiger partial charge in [-0.15, -0.1) is 0 Å². The summed E-state index contributed by atoms with van der Waals surface area (Å²) in [6.07, 6.45) is 14.3. The maximum absolute atomic E-state index is 6.09. The van der Waals surface area contributed by atoms with Crippen LogP contribution in [0.4, 0.5) is 0 Å². The van der Waals surface area contributed by atoms with E-state index in [1.54, 1.807) is 0 Å². The second-order valence-electron chi connectivity index (χ2n) is 6.60. The Labute approximate surface area is 126 Å². The van der Waals surface area contributed by atoms with Gasteiger partial charge in [-0.05, 0) is 19.3 Å². The van der Waals surface area contributed by atoms with E-state index in [4.69, 9.17) is 9.47 Å². The maximum Gasteiger partial charge on any atom is 0.170 e. The van der Waals surface area contributed by atoms with E-state index in [1.807, 2.05) is 0 Å². The van der Waals surface area contributed by atoms with E-state index in [0.29, 0.717) is 5.92 Å². The van der Waals surface area contributed by atoms with Gasteiger partial charge in [0.25, 0.3) is 0 Å². The van der Waals surface area contributed by atoms with E-state index in [1.165, 1.54) is 51.4 Å². The summed E-state index contributed by atoms with van der Waals surface area (Å²) in [4.78, 5) is 0. The van der Waals surface area contributed by atoms with Gasteiger partial charge in [-0.2, -0.15) is 0 Å². The summed E-state index contributed by atoms with van der Waals surface area (Å²) in [5.74, 6) is 0.156. The lowest BCUT2D eigenvalue weighted by Gasteiger charge is -2.36. The molecule has 1 heterocycles. The summed E-state index contributed by atoms with van der Waals surface area (Å²) in [6.45, 7) is 8.48. The van der Waals surface area contributed by atoms with Crippen molar-refractivity contribution in [2.45, 2.75) is 97.2 Å². The highest BCUT2D eigenvalue weighted by Gasteiger charge is 2.36. The molecule has 2 heteroatoms. The predicted molar refractivity (Wildman–Crippen MR) is 85.9 cm³/mol. The van der Waals surface area contributed by atoms with Crippen LogP contribution < -0.4 is 0 Å². The fourth-order valence-corrected chi connectivity index (χ4v) is 3.01. The predicted octanol–water partition coefficient (Wildman–Crippen LogP) is 5.70. The number of ether oxygens (including phenoxy) is 2. The number of unbranched alkanes of at least 4 members (excludes halogenated alkanes) is 7. The quantitative estimate of drug-likeness (QED) is 0.479. The standard InChI is InChI=1S/C18H36O2/c1-4-5-6-7-8-9-10-11-14-18(17(2)3)19-15-12-13-16-20-18/h17H,4-16H2,1-3H3. The van der Waals surface area contributed by atoms with Gasteiger partial charge in [-0.1, -0.05) is 65.7 Å². The van der Waals surface area contributed by atoms with Gasteiger partial charge in [0, 0.05) is 12.3 Å². The molecular formula is C18H36O2. The van der Waals surface area contributed by atoms with Crippen molar-refractivity contribution < 1.29 is 9.47 Å². The largest absolute Gasteiger partial charge is 0.350 e. The lowest BCUT2D eigenvalue weighted by Crippen LogP contribution is -2.40. The molecule has 0 N–H and O–H groups in total. The van der Waals surface area contributed by atoms with Gasteiger partial charge in [0.1, 0.15) is 0 Å². The Morgan fingerprint density at radius 3 is 1.80 bits per heavy atom. The lowest BCUT2D eigenvalue weighted by atomic mass is 9.95. The minimum atomic E-state index is -0.293. The topological polar surface area (TPSA) is 18.5 Å². The van der Waals surface area contributed by atoms with Gasteiger partial charge < -0.3 is 9.47 Å². The average molecular weight is 284 g/mol. The molecule has 0 amide bonds. The molecule has 0 aromatic rings. The fourth-order valence-electron chi connectivity index (χ4n) is 3.01. The molecule has 1 aliphatic heterocycles. The van der Waals surface area contributed by atoms with Crippen LogP contribution in [0.3, 0.4) is 0 Å². The van der Waals surface area contributed by atoms with E-state index in [-0.39, 0.29) is 5.79 Å². The molecule has 1 aliphatic rings. The fraction of sp³-hybridized carbons (Fsp3) is 1.00. The molecule has 20 heavy (non-hydrogen) atoms. The van der Waals surface area contributed by atoms with E-state index in [0.717, 1.165) is 32.5 Å². The van der Waals surface area contributed by atoms with Crippen molar-refractivity contribution in [2.24, 2.45) is 5.92 Å². The van der Waals surface area contributed by atoms with E-state index in [2.05, 4.69) is 20.8 Å². The van der Waals surface area contributed by atoms with Gasteiger partial charge in [0.2, 0.25) is 0 Å². The Bertz CT molecular complexity index is 217. The first-order valence-electron chi connectivity index (χ1n) is 8.99. The van der Waals surface area contributed by atoms with Crippen LogP contribution in [0.1, 0.15) is 91.4 Å². The van der Waals surface area contributed by atoms with Crippen LogP contribution >= 0.6 is 0 Å². The molecule has 0 spiro atoms. The first-order valence-corrected chi connectivity index (χ1v) is 8.99. The second-order valence-corrected chi connectivity index (χ2v) is 6.60. The zero-order valence-corrected chi connectivity index (χ0v) is 14.1. The van der Waals surface area contributed by atoms with Crippen molar-refractivity contribution in [1.82, 2.24) is 0 Å². The molecule has 120 valence electrons. The molecule has 0 radical (unpaired) electrons. The minimum absolute atomic E-state index is 0.293. The third kappa shape index (κ3) is 6.58. The minimum Gasteiger partial charge on any atom is -0.350 e. The summed E-state index contributed by atoms with van der Waals surface area (Å²) >= 11 is 0. The molecule has 2 nitrogen and oxygen atoms in total. The third-order valence-electron chi connectivity index (χ3n) is 4.49. The van der Waals surface area contributed by atoms with Crippen LogP contribution in [-0.2, 0) is 9.47 Å². The molecule has 0 unspecified atom stereocenters. The van der Waals surface area contributed by atoms with E-state index >= 15 is 0 Å². The zero-order valence-electron chi connectivity index (χ0n) is 14.1. The van der Waals surface area contributed by atoms with E-state index in [9.17, 15) is 0 Å². The summed E-state index contributed by atoms with van der Waals surface area (Å²) in [6, 6.07) is 0. The lowest BCUT2D eigenvalue weighted by molar-refractivity contribution is -0.255. The van der Waals surface area contributed by atoms with Crippen LogP contribution in [-0.4, -0.2) is 19.0 Å². The van der Waals surface area contributed by atoms with Gasteiger partial charge in [-0.25, -0.2) is 0 Å². The van der Waals surface area contributed by atoms with Crippen molar-refractivity contribution in [3.8, 4) is 0 Å². The maximum atomic E-state index is 6.09. The van der Waals surface area contributed by atoms with E-state index < -0.39 is 0 Å². The molecule has 0 aliphatic carbocycles. The highest BCUT2D eigenvalue weighted by Crippen LogP contribution is 2.32. The summed E-state index contributed by atoms with van der Waals surface area (Å²) in [5, 5.41) is 0. The van der Waals surface area contributed by atoms with Gasteiger partial charge in [-0.3, -0.25) is 0 Å². The monoisotopic (exact) mass is 284 g/mol. The third-order valence-corrected chi connectivity index (χ3v) is 4.49. The molecule has 0 atom stereocenters. The van der Waals surface area contributed by atoms with Crippen molar-refractivity contribution in [2.75, 3.05) is 13.2 Å². The number of hydrogen-bond donors (Lipinski definition) is 0. The molecule has 0 aromatic carbocycles. The van der Waals surface area contributed by atoms with Crippen molar-refractivity contribution >= 4 is 0 Å². The SMILES string of the molecule is CCCCCCCCCCC1(C(C)C)OCCCCO1. The number of hydrogen-bond acceptors (Lipinski definition) is 2. The molecule has 1 rings (SSSR count). The van der Waals surface area contributed by atoms with Gasteiger partial charge >= 0.3 is 0 Å². The first kappa shape index (κ1) is 18.0. The number of rotatable bonds is 10. The molecule has 0 bridgehead atoms. The highest BCUT2D eigenvalue weighted by atomic mass is 16.7. The van der Waals surface area contributed by atoms with Crippen molar-refractivity contribution in [3.63, 3.8) is 0 Å². The summed E-state index contributed by atoms with van der Waals surface area (Å²) in [7, 11) is 0. The van der Waals surface area contributed by atoms with Crippen molar-refractivity contribution in [3.05, 3.63) is 0 Å². The Balaban J connectivity index is 2.16. The molecule has 0 saturated carbocycles. The molecule has 1 saturated heterocycles. The average Bonchev–Trinajstić information content (AvgIpc) is 2.68. The molecule has 0 aromatic heterocycles. The van der Waals surface area contributed by atoms with Crippen molar-refractivity contribution in [1.29, 1.82) is 0 Å². The smallest absolute Gasteiger partial charge is 0.170 e. The van der Waals surface area contributed by atoms with Crippen LogP contribution in [0, 0.1) is 5.92 Å². The molecule has 1 fully saturated rings. The summed E-state index contributed by atoms with van der Waals surface area (Å²) < 4.78 is 12.2. The van der Waals surface area contributed by atoms with Crippen LogP contribution in [0.15, 0.2) is 0 Å². The Hall–Kier alpha value is -0.0800. The Morgan fingerprint density at radius 2 is 1.30 bits per heavy atom. The Morgan fingerprint density at radius 1 is 0.800 bits per heavy atom. The normalized spacial score (nSPS) is 19.2.